The lowest BCUT2D eigenvalue weighted by molar-refractivity contribution is -0.145. The summed E-state index contributed by atoms with van der Waals surface area (Å²) in [6.45, 7) is 2.00. The summed E-state index contributed by atoms with van der Waals surface area (Å²) in [6.07, 6.45) is -0.181. The van der Waals surface area contributed by atoms with E-state index in [1.54, 1.807) is 6.92 Å². The van der Waals surface area contributed by atoms with Gasteiger partial charge in [0.1, 0.15) is 6.42 Å². The van der Waals surface area contributed by atoms with Gasteiger partial charge in [-0.2, -0.15) is 0 Å². The van der Waals surface area contributed by atoms with Crippen molar-refractivity contribution in [2.75, 3.05) is 23.0 Å². The van der Waals surface area contributed by atoms with Crippen molar-refractivity contribution in [2.24, 2.45) is 0 Å². The SMILES string of the molecule is CCOC(=O)CC(=O)CSc1ccc(NC(=S)Nc2ccccc2)cc1. The van der Waals surface area contributed by atoms with Crippen LogP contribution in [0, 0.1) is 0 Å². The topological polar surface area (TPSA) is 67.4 Å². The van der Waals surface area contributed by atoms with Crippen LogP contribution in [0.15, 0.2) is 59.5 Å². The van der Waals surface area contributed by atoms with Crippen molar-refractivity contribution >= 4 is 52.2 Å². The van der Waals surface area contributed by atoms with Crippen LogP contribution >= 0.6 is 24.0 Å². The average molecular weight is 389 g/mol. The molecule has 0 amide bonds. The van der Waals surface area contributed by atoms with E-state index in [0.717, 1.165) is 16.3 Å². The number of esters is 1. The van der Waals surface area contributed by atoms with Gasteiger partial charge in [0.2, 0.25) is 0 Å². The molecule has 0 bridgehead atoms. The zero-order valence-corrected chi connectivity index (χ0v) is 16.0. The molecule has 2 aromatic carbocycles. The van der Waals surface area contributed by atoms with Gasteiger partial charge in [-0.3, -0.25) is 9.59 Å². The number of thioether (sulfide) groups is 1. The number of carbonyl (C=O) groups excluding carboxylic acids is 2. The number of hydrogen-bond donors (Lipinski definition) is 2. The van der Waals surface area contributed by atoms with Crippen molar-refractivity contribution < 1.29 is 14.3 Å². The Morgan fingerprint density at radius 2 is 1.62 bits per heavy atom. The smallest absolute Gasteiger partial charge is 0.313 e. The van der Waals surface area contributed by atoms with E-state index in [0.29, 0.717) is 5.11 Å². The van der Waals surface area contributed by atoms with E-state index in [-0.39, 0.29) is 24.6 Å². The quantitative estimate of drug-likeness (QED) is 0.305. The summed E-state index contributed by atoms with van der Waals surface area (Å²) in [5.41, 5.74) is 1.76. The largest absolute Gasteiger partial charge is 0.466 e. The Balaban J connectivity index is 1.78. The number of para-hydroxylation sites is 1. The Bertz CT molecular complexity index is 749. The average Bonchev–Trinajstić information content (AvgIpc) is 2.62. The van der Waals surface area contributed by atoms with Gasteiger partial charge < -0.3 is 15.4 Å². The third-order valence-electron chi connectivity index (χ3n) is 3.19. The molecule has 5 nitrogen and oxygen atoms in total. The number of Topliss-reactive ketones (excluding diaryl/α,β-unsaturated/α-hetero) is 1. The molecule has 136 valence electrons. The Hall–Kier alpha value is -2.38. The molecule has 0 aromatic heterocycles. The van der Waals surface area contributed by atoms with Crippen molar-refractivity contribution in [3.63, 3.8) is 0 Å². The minimum atomic E-state index is -0.475. The summed E-state index contributed by atoms with van der Waals surface area (Å²) >= 11 is 6.67. The lowest BCUT2D eigenvalue weighted by Crippen LogP contribution is -2.18. The highest BCUT2D eigenvalue weighted by Gasteiger charge is 2.10. The zero-order chi connectivity index (χ0) is 18.8. The highest BCUT2D eigenvalue weighted by atomic mass is 32.2. The Morgan fingerprint density at radius 1 is 1.00 bits per heavy atom. The van der Waals surface area contributed by atoms with Crippen LogP contribution in [0.2, 0.25) is 0 Å². The molecule has 2 aromatic rings. The molecule has 0 aliphatic heterocycles. The van der Waals surface area contributed by atoms with Gasteiger partial charge in [-0.05, 0) is 55.5 Å². The second kappa shape index (κ2) is 10.6. The maximum absolute atomic E-state index is 11.7. The first-order valence-electron chi connectivity index (χ1n) is 8.10. The molecular weight excluding hydrogens is 368 g/mol. The van der Waals surface area contributed by atoms with E-state index >= 15 is 0 Å². The van der Waals surface area contributed by atoms with Crippen molar-refractivity contribution in [3.8, 4) is 0 Å². The van der Waals surface area contributed by atoms with E-state index in [4.69, 9.17) is 17.0 Å². The molecule has 7 heteroatoms. The van der Waals surface area contributed by atoms with E-state index in [1.165, 1.54) is 11.8 Å². The number of carbonyl (C=O) groups is 2. The van der Waals surface area contributed by atoms with E-state index in [1.807, 2.05) is 54.6 Å². The number of thiocarbonyl (C=S) groups is 1. The molecule has 0 aliphatic carbocycles. The second-order valence-electron chi connectivity index (χ2n) is 5.28. The predicted molar refractivity (Wildman–Crippen MR) is 110 cm³/mol. The van der Waals surface area contributed by atoms with E-state index in [2.05, 4.69) is 10.6 Å². The second-order valence-corrected chi connectivity index (χ2v) is 6.74. The number of benzene rings is 2. The monoisotopic (exact) mass is 388 g/mol. The van der Waals surface area contributed by atoms with E-state index in [9.17, 15) is 9.59 Å². The summed E-state index contributed by atoms with van der Waals surface area (Å²) < 4.78 is 4.76. The van der Waals surface area contributed by atoms with Gasteiger partial charge >= 0.3 is 5.97 Å². The summed E-state index contributed by atoms with van der Waals surface area (Å²) in [6, 6.07) is 17.2. The van der Waals surface area contributed by atoms with Gasteiger partial charge in [0.05, 0.1) is 12.4 Å². The van der Waals surface area contributed by atoms with Gasteiger partial charge in [-0.25, -0.2) is 0 Å². The van der Waals surface area contributed by atoms with Crippen molar-refractivity contribution in [3.05, 3.63) is 54.6 Å². The number of nitrogens with one attached hydrogen (secondary N) is 2. The number of ketones is 1. The molecule has 26 heavy (non-hydrogen) atoms. The molecule has 0 heterocycles. The van der Waals surface area contributed by atoms with Crippen LogP contribution in [-0.2, 0) is 14.3 Å². The Morgan fingerprint density at radius 3 is 2.23 bits per heavy atom. The number of ether oxygens (including phenoxy) is 1. The maximum Gasteiger partial charge on any atom is 0.313 e. The van der Waals surface area contributed by atoms with Crippen LogP contribution in [0.1, 0.15) is 13.3 Å². The van der Waals surface area contributed by atoms with Crippen LogP contribution in [-0.4, -0.2) is 29.2 Å². The molecule has 0 fully saturated rings. The van der Waals surface area contributed by atoms with Crippen molar-refractivity contribution in [1.82, 2.24) is 0 Å². The zero-order valence-electron chi connectivity index (χ0n) is 14.4. The fourth-order valence-electron chi connectivity index (χ4n) is 2.04. The van der Waals surface area contributed by atoms with Crippen LogP contribution in [0.5, 0.6) is 0 Å². The molecule has 2 rings (SSSR count). The molecule has 2 N–H and O–H groups in total. The normalized spacial score (nSPS) is 10.0. The minimum absolute atomic E-state index is 0.149. The number of hydrogen-bond acceptors (Lipinski definition) is 5. The first-order valence-corrected chi connectivity index (χ1v) is 9.49. The van der Waals surface area contributed by atoms with Gasteiger partial charge in [-0.15, -0.1) is 11.8 Å². The Labute approximate surface area is 162 Å². The number of anilines is 2. The molecule has 0 saturated carbocycles. The molecular formula is C19H20N2O3S2. The molecule has 0 spiro atoms. The highest BCUT2D eigenvalue weighted by molar-refractivity contribution is 8.00. The molecule has 0 unspecified atom stereocenters. The minimum Gasteiger partial charge on any atom is -0.466 e. The third kappa shape index (κ3) is 7.25. The fourth-order valence-corrected chi connectivity index (χ4v) is 3.03. The summed E-state index contributed by atoms with van der Waals surface area (Å²) in [4.78, 5) is 23.9. The third-order valence-corrected chi connectivity index (χ3v) is 4.47. The van der Waals surface area contributed by atoms with Crippen molar-refractivity contribution in [2.45, 2.75) is 18.2 Å². The molecule has 0 saturated heterocycles. The van der Waals surface area contributed by atoms with Crippen molar-refractivity contribution in [1.29, 1.82) is 0 Å². The van der Waals surface area contributed by atoms with Gasteiger partial charge in [-0.1, -0.05) is 18.2 Å². The van der Waals surface area contributed by atoms with Gasteiger partial charge in [0.25, 0.3) is 0 Å². The van der Waals surface area contributed by atoms with Crippen LogP contribution in [0.4, 0.5) is 11.4 Å². The summed E-state index contributed by atoms with van der Waals surface area (Å²) in [7, 11) is 0. The van der Waals surface area contributed by atoms with Gasteiger partial charge in [0, 0.05) is 16.3 Å². The van der Waals surface area contributed by atoms with E-state index < -0.39 is 5.97 Å². The lowest BCUT2D eigenvalue weighted by Gasteiger charge is -2.11. The maximum atomic E-state index is 11.7. The molecule has 0 atom stereocenters. The number of rotatable bonds is 8. The molecule has 0 aliphatic rings. The van der Waals surface area contributed by atoms with Gasteiger partial charge in [0.15, 0.2) is 10.9 Å². The summed E-state index contributed by atoms with van der Waals surface area (Å²) in [5, 5.41) is 6.71. The van der Waals surface area contributed by atoms with Crippen LogP contribution in [0.3, 0.4) is 0 Å². The van der Waals surface area contributed by atoms with Crippen LogP contribution in [0.25, 0.3) is 0 Å². The van der Waals surface area contributed by atoms with Crippen LogP contribution < -0.4 is 10.6 Å². The lowest BCUT2D eigenvalue weighted by atomic mass is 10.3. The molecule has 0 radical (unpaired) electrons. The predicted octanol–water partition coefficient (Wildman–Crippen LogP) is 4.11. The highest BCUT2D eigenvalue weighted by Crippen LogP contribution is 2.21. The first kappa shape index (κ1) is 19.9. The summed E-state index contributed by atoms with van der Waals surface area (Å²) in [5.74, 6) is -0.388. The fraction of sp³-hybridized carbons (Fsp3) is 0.211. The first-order chi connectivity index (χ1) is 12.6. The Kier molecular flexibility index (Phi) is 8.11. The standard InChI is InChI=1S/C19H20N2O3S2/c1-2-24-18(23)12-16(22)13-26-17-10-8-15(9-11-17)21-19(25)20-14-6-4-3-5-7-14/h3-11H,2,12-13H2,1H3,(H2,20,21,25).